The van der Waals surface area contributed by atoms with Crippen LogP contribution in [0.5, 0.6) is 11.5 Å². The molecule has 1 aliphatic heterocycles. The van der Waals surface area contributed by atoms with Crippen LogP contribution in [0.15, 0.2) is 60.7 Å². The average molecular weight is 915 g/mol. The van der Waals surface area contributed by atoms with E-state index in [1.807, 2.05) is 44.2 Å². The summed E-state index contributed by atoms with van der Waals surface area (Å²) < 4.78 is 12.2. The van der Waals surface area contributed by atoms with E-state index in [0.29, 0.717) is 56.5 Å². The molecule has 4 atom stereocenters. The highest BCUT2D eigenvalue weighted by atomic mass is 16.5. The van der Waals surface area contributed by atoms with Crippen molar-refractivity contribution in [2.45, 2.75) is 77.0 Å². The minimum atomic E-state index is -1.42. The number of nitriles is 2. The standard InChI is InChI=1S/C48H58N12O7/c1-27-40(28(2)56-42(55-27)31-8-11-33(12-9-31)48(4,5)26-53)45(63)58-36(15-16-49)47(65)60(6)41-32-10-14-39(67-22-19-52)35(25-32)34-23-30(7-13-38(34)66-21-18-51)24-37(44(62)54-20-17-50)59-43(61)29(3)57-46(41)64/h7-14,23,25,29,36-37,41H,15-16,18-22,24,49,51-52H2,1-6H3,(H,54,62)(H,57,64)(H,58,63)(H,59,61)/t29-,36-,37-,41-/m0/s1. The van der Waals surface area contributed by atoms with Crippen molar-refractivity contribution >= 4 is 29.5 Å². The van der Waals surface area contributed by atoms with Gasteiger partial charge in [-0.15, -0.1) is 0 Å². The third-order valence-electron chi connectivity index (χ3n) is 11.3. The summed E-state index contributed by atoms with van der Waals surface area (Å²) in [5.74, 6) is -2.32. The van der Waals surface area contributed by atoms with Crippen LogP contribution in [-0.2, 0) is 31.0 Å². The molecule has 19 nitrogen and oxygen atoms in total. The van der Waals surface area contributed by atoms with Crippen molar-refractivity contribution in [2.75, 3.05) is 46.4 Å². The fourth-order valence-corrected chi connectivity index (χ4v) is 7.63. The van der Waals surface area contributed by atoms with Gasteiger partial charge in [-0.05, 0) is 88.5 Å². The Labute approximate surface area is 389 Å². The molecular weight excluding hydrogens is 857 g/mol. The zero-order valence-corrected chi connectivity index (χ0v) is 38.6. The molecule has 19 heteroatoms. The van der Waals surface area contributed by atoms with Gasteiger partial charge in [-0.25, -0.2) is 9.97 Å². The lowest BCUT2D eigenvalue weighted by molar-refractivity contribution is -0.141. The Morgan fingerprint density at radius 2 is 1.49 bits per heavy atom. The van der Waals surface area contributed by atoms with Gasteiger partial charge < -0.3 is 52.8 Å². The van der Waals surface area contributed by atoms with Crippen molar-refractivity contribution in [3.63, 3.8) is 0 Å². The maximum atomic E-state index is 14.7. The van der Waals surface area contributed by atoms with Gasteiger partial charge in [0, 0.05) is 43.2 Å². The van der Waals surface area contributed by atoms with E-state index < -0.39 is 59.1 Å². The van der Waals surface area contributed by atoms with Gasteiger partial charge in [0.25, 0.3) is 5.91 Å². The first kappa shape index (κ1) is 50.5. The number of carbonyl (C=O) groups excluding carboxylic acids is 5. The molecule has 1 aromatic heterocycles. The molecule has 0 radical (unpaired) electrons. The number of nitrogens with two attached hydrogens (primary N) is 3. The fraction of sp³-hybridized carbons (Fsp3) is 0.396. The number of benzene rings is 3. The van der Waals surface area contributed by atoms with Gasteiger partial charge in [-0.1, -0.05) is 36.4 Å². The number of likely N-dealkylation sites (N-methyl/N-ethyl adjacent to an activating group) is 1. The second-order valence-corrected chi connectivity index (χ2v) is 16.6. The predicted octanol–water partition coefficient (Wildman–Crippen LogP) is 1.74. The molecule has 10 N–H and O–H groups in total. The average Bonchev–Trinajstić information content (AvgIpc) is 3.31. The molecule has 0 saturated heterocycles. The fourth-order valence-electron chi connectivity index (χ4n) is 7.63. The zero-order valence-electron chi connectivity index (χ0n) is 38.6. The highest BCUT2D eigenvalue weighted by molar-refractivity contribution is 6.00. The first-order valence-electron chi connectivity index (χ1n) is 21.8. The van der Waals surface area contributed by atoms with E-state index in [1.165, 1.54) is 18.9 Å². The Hall–Kier alpha value is -7.45. The Morgan fingerprint density at radius 1 is 0.881 bits per heavy atom. The maximum absolute atomic E-state index is 14.7. The lowest BCUT2D eigenvalue weighted by Crippen LogP contribution is -2.56. The van der Waals surface area contributed by atoms with Gasteiger partial charge in [-0.2, -0.15) is 10.5 Å². The highest BCUT2D eigenvalue weighted by Gasteiger charge is 2.36. The minimum absolute atomic E-state index is 0.00737. The van der Waals surface area contributed by atoms with Gasteiger partial charge in [0.2, 0.25) is 23.6 Å². The van der Waals surface area contributed by atoms with Crippen molar-refractivity contribution in [3.8, 4) is 46.2 Å². The second-order valence-electron chi connectivity index (χ2n) is 16.6. The predicted molar refractivity (Wildman–Crippen MR) is 249 cm³/mol. The molecule has 67 heavy (non-hydrogen) atoms. The summed E-state index contributed by atoms with van der Waals surface area (Å²) in [6.07, 6.45) is -0.0297. The lowest BCUT2D eigenvalue weighted by atomic mass is 9.86. The van der Waals surface area contributed by atoms with Crippen molar-refractivity contribution in [1.82, 2.24) is 36.1 Å². The highest BCUT2D eigenvalue weighted by Crippen LogP contribution is 2.40. The topological polar surface area (TPSA) is 307 Å². The molecule has 4 bridgehead atoms. The lowest BCUT2D eigenvalue weighted by Gasteiger charge is -2.32. The van der Waals surface area contributed by atoms with Crippen LogP contribution in [0.4, 0.5) is 0 Å². The molecule has 0 fully saturated rings. The van der Waals surface area contributed by atoms with Crippen LogP contribution in [0, 0.1) is 36.5 Å². The Morgan fingerprint density at radius 3 is 2.07 bits per heavy atom. The first-order chi connectivity index (χ1) is 32.0. The molecule has 0 unspecified atom stereocenters. The number of rotatable bonds is 16. The molecule has 0 saturated carbocycles. The van der Waals surface area contributed by atoms with Crippen LogP contribution < -0.4 is 47.9 Å². The number of hydrogen-bond donors (Lipinski definition) is 7. The van der Waals surface area contributed by atoms with E-state index in [-0.39, 0.29) is 57.8 Å². The molecule has 1 aliphatic rings. The Bertz CT molecular complexity index is 2550. The Kier molecular flexibility index (Phi) is 17.1. The van der Waals surface area contributed by atoms with Crippen LogP contribution in [0.3, 0.4) is 0 Å². The maximum Gasteiger partial charge on any atom is 0.255 e. The smallest absolute Gasteiger partial charge is 0.255 e. The number of nitrogens with zero attached hydrogens (tertiary/aromatic N) is 5. The van der Waals surface area contributed by atoms with Crippen molar-refractivity contribution < 1.29 is 33.4 Å². The summed E-state index contributed by atoms with van der Waals surface area (Å²) >= 11 is 0. The van der Waals surface area contributed by atoms with E-state index in [9.17, 15) is 29.2 Å². The van der Waals surface area contributed by atoms with Gasteiger partial charge in [0.1, 0.15) is 55.4 Å². The summed E-state index contributed by atoms with van der Waals surface area (Å²) in [6.45, 7) is 8.69. The van der Waals surface area contributed by atoms with Crippen LogP contribution in [-0.4, -0.2) is 109 Å². The zero-order chi connectivity index (χ0) is 49.0. The first-order valence-corrected chi connectivity index (χ1v) is 21.8. The van der Waals surface area contributed by atoms with Gasteiger partial charge in [0.05, 0.1) is 34.5 Å². The number of ether oxygens (including phenoxy) is 2. The molecule has 5 amide bonds. The second kappa shape index (κ2) is 22.6. The van der Waals surface area contributed by atoms with Crippen molar-refractivity contribution in [2.24, 2.45) is 17.2 Å². The van der Waals surface area contributed by atoms with E-state index in [4.69, 9.17) is 31.9 Å². The van der Waals surface area contributed by atoms with Crippen LogP contribution >= 0.6 is 0 Å². The van der Waals surface area contributed by atoms with E-state index in [2.05, 4.69) is 37.3 Å². The quantitative estimate of drug-likeness (QED) is 0.0788. The summed E-state index contributed by atoms with van der Waals surface area (Å²) in [5, 5.41) is 29.4. The number of aryl methyl sites for hydroxylation is 2. The third-order valence-corrected chi connectivity index (χ3v) is 11.3. The molecule has 0 spiro atoms. The van der Waals surface area contributed by atoms with E-state index in [0.717, 1.165) is 5.56 Å². The molecule has 3 aromatic carbocycles. The number of amides is 5. The number of fused-ring (bicyclic) bond motifs is 5. The monoisotopic (exact) mass is 914 g/mol. The number of hydrogen-bond acceptors (Lipinski definition) is 14. The molecular formula is C48H58N12O7. The van der Waals surface area contributed by atoms with E-state index in [1.54, 1.807) is 50.2 Å². The Balaban J connectivity index is 1.57. The van der Waals surface area contributed by atoms with Gasteiger partial charge in [-0.3, -0.25) is 24.0 Å². The van der Waals surface area contributed by atoms with E-state index >= 15 is 0 Å². The van der Waals surface area contributed by atoms with Crippen molar-refractivity contribution in [3.05, 3.63) is 94.3 Å². The van der Waals surface area contributed by atoms with Crippen LogP contribution in [0.2, 0.25) is 0 Å². The van der Waals surface area contributed by atoms with Gasteiger partial charge >= 0.3 is 0 Å². The molecule has 4 aromatic rings. The van der Waals surface area contributed by atoms with Gasteiger partial charge in [0.15, 0.2) is 5.82 Å². The molecule has 5 rings (SSSR count). The summed E-state index contributed by atoms with van der Waals surface area (Å²) in [4.78, 5) is 80.9. The number of carbonyl (C=O) groups is 5. The normalized spacial score (nSPS) is 16.4. The summed E-state index contributed by atoms with van der Waals surface area (Å²) in [6, 6.07) is 16.5. The van der Waals surface area contributed by atoms with Crippen molar-refractivity contribution in [1.29, 1.82) is 10.5 Å². The molecule has 2 heterocycles. The van der Waals surface area contributed by atoms with Crippen LogP contribution in [0.25, 0.3) is 22.5 Å². The molecule has 0 aliphatic carbocycles. The third kappa shape index (κ3) is 12.1. The van der Waals surface area contributed by atoms with Crippen LogP contribution in [0.1, 0.15) is 71.7 Å². The number of aromatic nitrogens is 2. The number of nitrogens with one attached hydrogen (secondary N) is 4. The summed E-state index contributed by atoms with van der Waals surface area (Å²) in [7, 11) is 1.40. The minimum Gasteiger partial charge on any atom is -0.492 e. The molecule has 352 valence electrons. The SMILES string of the molecule is Cc1nc(-c2ccc(C(C)(C)C#N)cc2)nc(C)c1C(=O)N[C@@H](CCN)C(=O)N(C)[C@@H]1C(=O)N[C@@H](C)C(=O)N[C@H](C(=O)NCC#N)Cc2ccc(OCCN)c(c2)-c2cc1ccc2OCCN. The largest absolute Gasteiger partial charge is 0.492 e. The summed E-state index contributed by atoms with van der Waals surface area (Å²) in [5.41, 5.74) is 21.2.